The van der Waals surface area contributed by atoms with E-state index in [0.29, 0.717) is 19.4 Å². The molecule has 128 valence electrons. The molecule has 5 heteroatoms. The molecule has 0 unspecified atom stereocenters. The van der Waals surface area contributed by atoms with Crippen molar-refractivity contribution in [3.8, 4) is 17.1 Å². The number of rotatable bonds is 7. The molecule has 0 atom stereocenters. The molecule has 0 aliphatic rings. The number of aromatic amines is 1. The third-order valence-electron chi connectivity index (χ3n) is 3.94. The minimum atomic E-state index is -0.0210. The lowest BCUT2D eigenvalue weighted by Gasteiger charge is -2.08. The number of carbonyl (C=O) groups is 1. The van der Waals surface area contributed by atoms with Crippen molar-refractivity contribution < 1.29 is 9.53 Å². The SMILES string of the molecule is COc1ccccc1CC(=O)NCCc1cnc(-c2ccccc2)[nH]1. The first-order chi connectivity index (χ1) is 12.3. The van der Waals surface area contributed by atoms with E-state index in [1.807, 2.05) is 60.8 Å². The lowest BCUT2D eigenvalue weighted by Crippen LogP contribution is -2.27. The second-order valence-corrected chi connectivity index (χ2v) is 5.71. The number of aromatic nitrogens is 2. The number of benzene rings is 2. The third-order valence-corrected chi connectivity index (χ3v) is 3.94. The van der Waals surface area contributed by atoms with E-state index in [0.717, 1.165) is 28.4 Å². The molecule has 2 N–H and O–H groups in total. The van der Waals surface area contributed by atoms with Gasteiger partial charge >= 0.3 is 0 Å². The molecule has 0 saturated heterocycles. The van der Waals surface area contributed by atoms with Crippen molar-refractivity contribution >= 4 is 5.91 Å². The van der Waals surface area contributed by atoms with E-state index in [9.17, 15) is 4.79 Å². The van der Waals surface area contributed by atoms with E-state index in [1.165, 1.54) is 0 Å². The summed E-state index contributed by atoms with van der Waals surface area (Å²) in [5.74, 6) is 1.56. The highest BCUT2D eigenvalue weighted by Crippen LogP contribution is 2.17. The summed E-state index contributed by atoms with van der Waals surface area (Å²) in [5.41, 5.74) is 2.93. The smallest absolute Gasteiger partial charge is 0.224 e. The van der Waals surface area contributed by atoms with E-state index in [2.05, 4.69) is 15.3 Å². The number of amides is 1. The van der Waals surface area contributed by atoms with Crippen LogP contribution in [-0.2, 0) is 17.6 Å². The molecular weight excluding hydrogens is 314 g/mol. The highest BCUT2D eigenvalue weighted by Gasteiger charge is 2.08. The van der Waals surface area contributed by atoms with Crippen LogP contribution in [0.15, 0.2) is 60.8 Å². The van der Waals surface area contributed by atoms with Crippen LogP contribution in [0, 0.1) is 0 Å². The van der Waals surface area contributed by atoms with Crippen LogP contribution in [0.4, 0.5) is 0 Å². The number of hydrogen-bond donors (Lipinski definition) is 2. The van der Waals surface area contributed by atoms with Gasteiger partial charge in [0.1, 0.15) is 11.6 Å². The summed E-state index contributed by atoms with van der Waals surface area (Å²) in [7, 11) is 1.61. The third kappa shape index (κ3) is 4.47. The Balaban J connectivity index is 1.50. The standard InChI is InChI=1S/C20H21N3O2/c1-25-18-10-6-5-9-16(18)13-19(24)21-12-11-17-14-22-20(23-17)15-7-3-2-4-8-15/h2-10,14H,11-13H2,1H3,(H,21,24)(H,22,23). The molecule has 5 nitrogen and oxygen atoms in total. The fraction of sp³-hybridized carbons (Fsp3) is 0.200. The number of methoxy groups -OCH3 is 1. The zero-order valence-corrected chi connectivity index (χ0v) is 14.2. The predicted octanol–water partition coefficient (Wildman–Crippen LogP) is 2.99. The maximum absolute atomic E-state index is 12.1. The van der Waals surface area contributed by atoms with Crippen molar-refractivity contribution in [1.29, 1.82) is 0 Å². The summed E-state index contributed by atoms with van der Waals surface area (Å²) in [6, 6.07) is 17.5. The predicted molar refractivity (Wildman–Crippen MR) is 97.4 cm³/mol. The summed E-state index contributed by atoms with van der Waals surface area (Å²) >= 11 is 0. The van der Waals surface area contributed by atoms with Gasteiger partial charge in [-0.25, -0.2) is 4.98 Å². The fourth-order valence-electron chi connectivity index (χ4n) is 2.65. The Bertz CT molecular complexity index is 828. The topological polar surface area (TPSA) is 67.0 Å². The Labute approximate surface area is 147 Å². The first kappa shape index (κ1) is 16.8. The summed E-state index contributed by atoms with van der Waals surface area (Å²) in [6.07, 6.45) is 2.83. The van der Waals surface area contributed by atoms with Gasteiger partial charge in [0.15, 0.2) is 0 Å². The quantitative estimate of drug-likeness (QED) is 0.697. The lowest BCUT2D eigenvalue weighted by atomic mass is 10.1. The first-order valence-electron chi connectivity index (χ1n) is 8.24. The van der Waals surface area contributed by atoms with E-state index in [4.69, 9.17) is 4.74 Å². The molecule has 0 aliphatic heterocycles. The van der Waals surface area contributed by atoms with Crippen LogP contribution in [0.2, 0.25) is 0 Å². The van der Waals surface area contributed by atoms with E-state index in [-0.39, 0.29) is 5.91 Å². The number of H-pyrrole nitrogens is 1. The molecule has 1 heterocycles. The number of imidazole rings is 1. The molecule has 25 heavy (non-hydrogen) atoms. The number of carbonyl (C=O) groups excluding carboxylic acids is 1. The maximum Gasteiger partial charge on any atom is 0.224 e. The van der Waals surface area contributed by atoms with Gasteiger partial charge in [-0.15, -0.1) is 0 Å². The average Bonchev–Trinajstić information content (AvgIpc) is 3.12. The molecule has 2 aromatic carbocycles. The molecule has 0 aliphatic carbocycles. The van der Waals surface area contributed by atoms with E-state index in [1.54, 1.807) is 7.11 Å². The normalized spacial score (nSPS) is 10.4. The highest BCUT2D eigenvalue weighted by atomic mass is 16.5. The Morgan fingerprint density at radius 3 is 2.68 bits per heavy atom. The van der Waals surface area contributed by atoms with Crippen LogP contribution in [0.5, 0.6) is 5.75 Å². The molecule has 0 radical (unpaired) electrons. The largest absolute Gasteiger partial charge is 0.496 e. The average molecular weight is 335 g/mol. The van der Waals surface area contributed by atoms with Crippen LogP contribution in [-0.4, -0.2) is 29.5 Å². The molecular formula is C20H21N3O2. The van der Waals surface area contributed by atoms with Gasteiger partial charge in [-0.1, -0.05) is 48.5 Å². The molecule has 1 amide bonds. The zero-order chi connectivity index (χ0) is 17.5. The summed E-state index contributed by atoms with van der Waals surface area (Å²) in [6.45, 7) is 0.560. The van der Waals surface area contributed by atoms with Crippen molar-refractivity contribution in [2.75, 3.05) is 13.7 Å². The highest BCUT2D eigenvalue weighted by molar-refractivity contribution is 5.79. The molecule has 0 saturated carbocycles. The number of nitrogens with one attached hydrogen (secondary N) is 2. The number of ether oxygens (including phenoxy) is 1. The van der Waals surface area contributed by atoms with Gasteiger partial charge in [0.2, 0.25) is 5.91 Å². The zero-order valence-electron chi connectivity index (χ0n) is 14.2. The van der Waals surface area contributed by atoms with Gasteiger partial charge in [-0.3, -0.25) is 4.79 Å². The van der Waals surface area contributed by atoms with Crippen molar-refractivity contribution in [3.05, 3.63) is 72.1 Å². The number of nitrogens with zero attached hydrogens (tertiary/aromatic N) is 1. The van der Waals surface area contributed by atoms with Crippen LogP contribution >= 0.6 is 0 Å². The maximum atomic E-state index is 12.1. The van der Waals surface area contributed by atoms with Crippen molar-refractivity contribution in [3.63, 3.8) is 0 Å². The summed E-state index contributed by atoms with van der Waals surface area (Å²) < 4.78 is 5.27. The second-order valence-electron chi connectivity index (χ2n) is 5.71. The molecule has 3 aromatic rings. The summed E-state index contributed by atoms with van der Waals surface area (Å²) in [5, 5.41) is 2.94. The van der Waals surface area contributed by atoms with Crippen LogP contribution in [0.25, 0.3) is 11.4 Å². The fourth-order valence-corrected chi connectivity index (χ4v) is 2.65. The van der Waals surface area contributed by atoms with Gasteiger partial charge in [0.25, 0.3) is 0 Å². The van der Waals surface area contributed by atoms with E-state index >= 15 is 0 Å². The lowest BCUT2D eigenvalue weighted by molar-refractivity contribution is -0.120. The van der Waals surface area contributed by atoms with Crippen LogP contribution in [0.3, 0.4) is 0 Å². The van der Waals surface area contributed by atoms with Crippen molar-refractivity contribution in [1.82, 2.24) is 15.3 Å². The molecule has 1 aromatic heterocycles. The van der Waals surface area contributed by atoms with Gasteiger partial charge in [0, 0.05) is 36.0 Å². The van der Waals surface area contributed by atoms with Gasteiger partial charge in [-0.05, 0) is 6.07 Å². The Hall–Kier alpha value is -3.08. The van der Waals surface area contributed by atoms with Crippen molar-refractivity contribution in [2.24, 2.45) is 0 Å². The second kappa shape index (κ2) is 8.15. The van der Waals surface area contributed by atoms with Crippen molar-refractivity contribution in [2.45, 2.75) is 12.8 Å². The Kier molecular flexibility index (Phi) is 5.46. The van der Waals surface area contributed by atoms with Gasteiger partial charge in [0.05, 0.1) is 13.5 Å². The van der Waals surface area contributed by atoms with Gasteiger partial charge < -0.3 is 15.0 Å². The Morgan fingerprint density at radius 2 is 1.88 bits per heavy atom. The summed E-state index contributed by atoms with van der Waals surface area (Å²) in [4.78, 5) is 19.8. The minimum absolute atomic E-state index is 0.0210. The number of hydrogen-bond acceptors (Lipinski definition) is 3. The number of para-hydroxylation sites is 1. The van der Waals surface area contributed by atoms with Crippen LogP contribution < -0.4 is 10.1 Å². The van der Waals surface area contributed by atoms with Crippen LogP contribution in [0.1, 0.15) is 11.3 Å². The first-order valence-corrected chi connectivity index (χ1v) is 8.24. The molecule has 3 rings (SSSR count). The monoisotopic (exact) mass is 335 g/mol. The Morgan fingerprint density at radius 1 is 1.12 bits per heavy atom. The molecule has 0 spiro atoms. The van der Waals surface area contributed by atoms with E-state index < -0.39 is 0 Å². The van der Waals surface area contributed by atoms with Gasteiger partial charge in [-0.2, -0.15) is 0 Å². The molecule has 0 fully saturated rings. The minimum Gasteiger partial charge on any atom is -0.496 e. The molecule has 0 bridgehead atoms.